The first kappa shape index (κ1) is 13.0. The molecular formula is C13H16N2O2S. The highest BCUT2D eigenvalue weighted by atomic mass is 32.2. The Labute approximate surface area is 111 Å². The second-order valence-electron chi connectivity index (χ2n) is 4.20. The van der Waals surface area contributed by atoms with Crippen LogP contribution in [0.1, 0.15) is 24.4 Å². The Morgan fingerprint density at radius 2 is 2.28 bits per heavy atom. The molecule has 0 spiro atoms. The van der Waals surface area contributed by atoms with Gasteiger partial charge in [0.05, 0.1) is 12.5 Å². The maximum Gasteiger partial charge on any atom is 0.226 e. The van der Waals surface area contributed by atoms with E-state index >= 15 is 0 Å². The maximum absolute atomic E-state index is 11.7. The van der Waals surface area contributed by atoms with Crippen LogP contribution < -0.4 is 10.6 Å². The van der Waals surface area contributed by atoms with Gasteiger partial charge in [-0.15, -0.1) is 0 Å². The van der Waals surface area contributed by atoms with E-state index in [9.17, 15) is 9.59 Å². The lowest BCUT2D eigenvalue weighted by Crippen LogP contribution is -2.35. The van der Waals surface area contributed by atoms with Crippen molar-refractivity contribution in [3.8, 4) is 0 Å². The van der Waals surface area contributed by atoms with E-state index in [1.54, 1.807) is 11.8 Å². The van der Waals surface area contributed by atoms with Crippen LogP contribution in [-0.2, 0) is 9.59 Å². The van der Waals surface area contributed by atoms with Crippen molar-refractivity contribution in [3.05, 3.63) is 29.8 Å². The Balaban J connectivity index is 2.09. The number of amides is 2. The van der Waals surface area contributed by atoms with Crippen LogP contribution in [0.25, 0.3) is 0 Å². The van der Waals surface area contributed by atoms with Crippen LogP contribution in [0.4, 0.5) is 5.69 Å². The number of hydrogen-bond donors (Lipinski definition) is 2. The summed E-state index contributed by atoms with van der Waals surface area (Å²) < 4.78 is 0. The van der Waals surface area contributed by atoms with Crippen molar-refractivity contribution in [1.29, 1.82) is 0 Å². The van der Waals surface area contributed by atoms with E-state index in [4.69, 9.17) is 0 Å². The molecule has 0 aromatic heterocycles. The SMILES string of the molecule is CSCCC(=O)N[C@H]1CC(=O)Nc2ccccc21. The van der Waals surface area contributed by atoms with E-state index in [2.05, 4.69) is 10.6 Å². The van der Waals surface area contributed by atoms with Gasteiger partial charge in [0, 0.05) is 17.9 Å². The summed E-state index contributed by atoms with van der Waals surface area (Å²) in [5.41, 5.74) is 1.78. The largest absolute Gasteiger partial charge is 0.349 e. The quantitative estimate of drug-likeness (QED) is 0.873. The highest BCUT2D eigenvalue weighted by molar-refractivity contribution is 7.98. The molecule has 2 N–H and O–H groups in total. The van der Waals surface area contributed by atoms with Crippen molar-refractivity contribution in [2.24, 2.45) is 0 Å². The van der Waals surface area contributed by atoms with Crippen molar-refractivity contribution < 1.29 is 9.59 Å². The van der Waals surface area contributed by atoms with Gasteiger partial charge in [-0.3, -0.25) is 9.59 Å². The lowest BCUT2D eigenvalue weighted by atomic mass is 9.97. The Bertz CT molecular complexity index is 462. The number of rotatable bonds is 4. The Kier molecular flexibility index (Phi) is 4.25. The molecule has 2 amide bonds. The molecule has 0 fully saturated rings. The number of anilines is 1. The average molecular weight is 264 g/mol. The van der Waals surface area contributed by atoms with Gasteiger partial charge in [-0.1, -0.05) is 18.2 Å². The molecule has 5 heteroatoms. The lowest BCUT2D eigenvalue weighted by molar-refractivity contribution is -0.122. The zero-order chi connectivity index (χ0) is 13.0. The summed E-state index contributed by atoms with van der Waals surface area (Å²) >= 11 is 1.64. The van der Waals surface area contributed by atoms with Crippen LogP contribution in [0.2, 0.25) is 0 Å². The second kappa shape index (κ2) is 5.91. The summed E-state index contributed by atoms with van der Waals surface area (Å²) in [5, 5.41) is 5.74. The van der Waals surface area contributed by atoms with Crippen LogP contribution in [0.3, 0.4) is 0 Å². The van der Waals surface area contributed by atoms with E-state index in [0.717, 1.165) is 17.0 Å². The Hall–Kier alpha value is -1.49. The van der Waals surface area contributed by atoms with E-state index in [1.807, 2.05) is 30.5 Å². The highest BCUT2D eigenvalue weighted by Crippen LogP contribution is 2.29. The van der Waals surface area contributed by atoms with Gasteiger partial charge in [-0.05, 0) is 17.9 Å². The molecule has 0 saturated heterocycles. The monoisotopic (exact) mass is 264 g/mol. The van der Waals surface area contributed by atoms with E-state index < -0.39 is 0 Å². The van der Waals surface area contributed by atoms with Gasteiger partial charge in [-0.2, -0.15) is 11.8 Å². The summed E-state index contributed by atoms with van der Waals surface area (Å²) in [6.45, 7) is 0. The van der Waals surface area contributed by atoms with Crippen molar-refractivity contribution in [3.63, 3.8) is 0 Å². The third-order valence-electron chi connectivity index (χ3n) is 2.87. The lowest BCUT2D eigenvalue weighted by Gasteiger charge is -2.26. The number of thioether (sulfide) groups is 1. The van der Waals surface area contributed by atoms with Crippen LogP contribution in [0.15, 0.2) is 24.3 Å². The van der Waals surface area contributed by atoms with Gasteiger partial charge in [0.1, 0.15) is 0 Å². The predicted molar refractivity (Wildman–Crippen MR) is 73.6 cm³/mol. The Morgan fingerprint density at radius 3 is 3.06 bits per heavy atom. The third-order valence-corrected chi connectivity index (χ3v) is 3.48. The van der Waals surface area contributed by atoms with Crippen molar-refractivity contribution in [2.75, 3.05) is 17.3 Å². The van der Waals surface area contributed by atoms with Crippen molar-refractivity contribution in [1.82, 2.24) is 5.32 Å². The molecule has 1 aliphatic rings. The molecule has 4 nitrogen and oxygen atoms in total. The maximum atomic E-state index is 11.7. The summed E-state index contributed by atoms with van der Waals surface area (Å²) in [6, 6.07) is 7.38. The molecule has 0 saturated carbocycles. The van der Waals surface area contributed by atoms with Gasteiger partial charge < -0.3 is 10.6 Å². The molecule has 0 aliphatic carbocycles. The minimum absolute atomic E-state index is 0.00106. The molecule has 1 aromatic rings. The molecular weight excluding hydrogens is 248 g/mol. The summed E-state index contributed by atoms with van der Waals surface area (Å²) in [5.74, 6) is 0.745. The third kappa shape index (κ3) is 3.04. The molecule has 0 bridgehead atoms. The zero-order valence-corrected chi connectivity index (χ0v) is 11.0. The fourth-order valence-corrected chi connectivity index (χ4v) is 2.39. The number of nitrogens with one attached hydrogen (secondary N) is 2. The topological polar surface area (TPSA) is 58.2 Å². The highest BCUT2D eigenvalue weighted by Gasteiger charge is 2.25. The minimum Gasteiger partial charge on any atom is -0.349 e. The normalized spacial score (nSPS) is 17.8. The molecule has 2 rings (SSSR count). The van der Waals surface area contributed by atoms with Gasteiger partial charge in [0.2, 0.25) is 11.8 Å². The van der Waals surface area contributed by atoms with Gasteiger partial charge in [0.15, 0.2) is 0 Å². The first-order chi connectivity index (χ1) is 8.70. The number of carbonyl (C=O) groups is 2. The smallest absolute Gasteiger partial charge is 0.226 e. The number of carbonyl (C=O) groups excluding carboxylic acids is 2. The van der Waals surface area contributed by atoms with Gasteiger partial charge in [0.25, 0.3) is 0 Å². The molecule has 18 heavy (non-hydrogen) atoms. The number of benzene rings is 1. The van der Waals surface area contributed by atoms with E-state index in [-0.39, 0.29) is 17.9 Å². The minimum atomic E-state index is -0.204. The van der Waals surface area contributed by atoms with Gasteiger partial charge in [-0.25, -0.2) is 0 Å². The number of hydrogen-bond acceptors (Lipinski definition) is 3. The van der Waals surface area contributed by atoms with Crippen LogP contribution in [-0.4, -0.2) is 23.8 Å². The van der Waals surface area contributed by atoms with Crippen molar-refractivity contribution >= 4 is 29.3 Å². The molecule has 1 aromatic carbocycles. The van der Waals surface area contributed by atoms with E-state index in [0.29, 0.717) is 12.8 Å². The Morgan fingerprint density at radius 1 is 1.50 bits per heavy atom. The molecule has 1 heterocycles. The van der Waals surface area contributed by atoms with Crippen LogP contribution in [0, 0.1) is 0 Å². The first-order valence-corrected chi connectivity index (χ1v) is 7.27. The molecule has 0 radical (unpaired) electrons. The standard InChI is InChI=1S/C13H16N2O2S/c1-18-7-6-12(16)15-11-8-13(17)14-10-5-3-2-4-9(10)11/h2-5,11H,6-8H2,1H3,(H,14,17)(H,15,16)/t11-/m0/s1. The second-order valence-corrected chi connectivity index (χ2v) is 5.19. The number of para-hydroxylation sites is 1. The molecule has 96 valence electrons. The fraction of sp³-hybridized carbons (Fsp3) is 0.385. The van der Waals surface area contributed by atoms with Crippen LogP contribution in [0.5, 0.6) is 0 Å². The zero-order valence-electron chi connectivity index (χ0n) is 10.2. The predicted octanol–water partition coefficient (Wildman–Crippen LogP) is 1.94. The molecule has 1 aliphatic heterocycles. The fourth-order valence-electron chi connectivity index (χ4n) is 2.00. The summed E-state index contributed by atoms with van der Waals surface area (Å²) in [7, 11) is 0. The molecule has 1 atom stereocenters. The number of fused-ring (bicyclic) bond motifs is 1. The summed E-state index contributed by atoms with van der Waals surface area (Å²) in [4.78, 5) is 23.3. The molecule has 0 unspecified atom stereocenters. The van der Waals surface area contributed by atoms with E-state index in [1.165, 1.54) is 0 Å². The first-order valence-electron chi connectivity index (χ1n) is 5.88. The summed E-state index contributed by atoms with van der Waals surface area (Å²) in [6.07, 6.45) is 2.76. The van der Waals surface area contributed by atoms with Crippen LogP contribution >= 0.6 is 11.8 Å². The van der Waals surface area contributed by atoms with Gasteiger partial charge >= 0.3 is 0 Å². The average Bonchev–Trinajstić information content (AvgIpc) is 2.36. The van der Waals surface area contributed by atoms with Crippen molar-refractivity contribution in [2.45, 2.75) is 18.9 Å².